The molecule has 0 saturated carbocycles. The smallest absolute Gasteiger partial charge is 0.264 e. The van der Waals surface area contributed by atoms with Gasteiger partial charge in [-0.15, -0.1) is 11.3 Å². The molecule has 0 fully saturated rings. The molecular formula is C21H15Cl2NO3S. The van der Waals surface area contributed by atoms with Crippen LogP contribution in [-0.2, 0) is 16.9 Å². The molecule has 1 aliphatic heterocycles. The third-order valence-electron chi connectivity index (χ3n) is 4.76. The van der Waals surface area contributed by atoms with Gasteiger partial charge in [-0.25, -0.2) is 0 Å². The number of carbonyl (C=O) groups excluding carboxylic acids is 2. The first kappa shape index (κ1) is 19.2. The number of anilines is 1. The monoisotopic (exact) mass is 431 g/mol. The van der Waals surface area contributed by atoms with Crippen molar-refractivity contribution in [3.8, 4) is 0 Å². The maximum atomic E-state index is 13.2. The zero-order valence-corrected chi connectivity index (χ0v) is 16.9. The Kier molecular flexibility index (Phi) is 5.02. The molecule has 1 atom stereocenters. The Labute approximate surface area is 175 Å². The summed E-state index contributed by atoms with van der Waals surface area (Å²) in [5.74, 6) is -0.837. The van der Waals surface area contributed by atoms with Crippen molar-refractivity contribution >= 4 is 51.9 Å². The number of Topliss-reactive ketones (excluding diaryl/α,β-unsaturated/α-hetero) is 1. The van der Waals surface area contributed by atoms with Crippen molar-refractivity contribution in [2.45, 2.75) is 18.6 Å². The van der Waals surface area contributed by atoms with Crippen molar-refractivity contribution in [2.75, 3.05) is 4.90 Å². The summed E-state index contributed by atoms with van der Waals surface area (Å²) in [6.07, 6.45) is -0.337. The Morgan fingerprint density at radius 1 is 1.04 bits per heavy atom. The van der Waals surface area contributed by atoms with E-state index < -0.39 is 11.5 Å². The summed E-state index contributed by atoms with van der Waals surface area (Å²) in [5.41, 5.74) is -0.00331. The second-order valence-corrected chi connectivity index (χ2v) is 8.75. The molecule has 0 unspecified atom stereocenters. The number of ketones is 1. The van der Waals surface area contributed by atoms with Gasteiger partial charge < -0.3 is 10.0 Å². The highest BCUT2D eigenvalue weighted by Gasteiger charge is 2.50. The molecular weight excluding hydrogens is 417 g/mol. The summed E-state index contributed by atoms with van der Waals surface area (Å²) >= 11 is 13.0. The lowest BCUT2D eigenvalue weighted by molar-refractivity contribution is -0.136. The number of para-hydroxylation sites is 1. The van der Waals surface area contributed by atoms with Crippen LogP contribution in [0, 0.1) is 0 Å². The summed E-state index contributed by atoms with van der Waals surface area (Å²) in [7, 11) is 0. The number of aliphatic hydroxyl groups is 1. The van der Waals surface area contributed by atoms with Crippen LogP contribution in [-0.4, -0.2) is 16.8 Å². The molecule has 7 heteroatoms. The van der Waals surface area contributed by atoms with Crippen molar-refractivity contribution in [1.82, 2.24) is 0 Å². The van der Waals surface area contributed by atoms with Crippen molar-refractivity contribution in [1.29, 1.82) is 0 Å². The van der Waals surface area contributed by atoms with Crippen molar-refractivity contribution in [3.05, 3.63) is 86.0 Å². The van der Waals surface area contributed by atoms with Crippen LogP contribution in [0.25, 0.3) is 0 Å². The van der Waals surface area contributed by atoms with Gasteiger partial charge in [0, 0.05) is 10.6 Å². The van der Waals surface area contributed by atoms with Crippen molar-refractivity contribution in [2.24, 2.45) is 0 Å². The molecule has 2 aromatic carbocycles. The minimum absolute atomic E-state index is 0.272. The van der Waals surface area contributed by atoms with E-state index in [1.54, 1.807) is 48.5 Å². The van der Waals surface area contributed by atoms with Crippen LogP contribution in [0.5, 0.6) is 0 Å². The van der Waals surface area contributed by atoms with E-state index in [1.165, 1.54) is 4.90 Å². The lowest BCUT2D eigenvalue weighted by Crippen LogP contribution is -2.41. The van der Waals surface area contributed by atoms with Crippen LogP contribution in [0.3, 0.4) is 0 Å². The molecule has 3 aromatic rings. The first-order valence-electron chi connectivity index (χ1n) is 8.55. The number of rotatable bonds is 5. The second kappa shape index (κ2) is 7.33. The standard InChI is InChI=1S/C21H15Cl2NO3S/c22-14-7-5-13(6-8-14)12-24-16-4-2-1-3-15(16)21(27,20(24)26)11-17(25)18-9-10-19(23)28-18/h1-10,27H,11-12H2/t21-/m1/s1. The zero-order chi connectivity index (χ0) is 19.9. The van der Waals surface area contributed by atoms with Crippen molar-refractivity contribution in [3.63, 3.8) is 0 Å². The minimum atomic E-state index is -1.91. The van der Waals surface area contributed by atoms with E-state index in [9.17, 15) is 14.7 Å². The molecule has 4 rings (SSSR count). The van der Waals surface area contributed by atoms with Crippen molar-refractivity contribution < 1.29 is 14.7 Å². The molecule has 0 spiro atoms. The zero-order valence-electron chi connectivity index (χ0n) is 14.6. The summed E-state index contributed by atoms with van der Waals surface area (Å²) in [6.45, 7) is 0.272. The van der Waals surface area contributed by atoms with Gasteiger partial charge in [-0.1, -0.05) is 53.5 Å². The van der Waals surface area contributed by atoms with Gasteiger partial charge in [0.15, 0.2) is 11.4 Å². The highest BCUT2D eigenvalue weighted by Crippen LogP contribution is 2.44. The van der Waals surface area contributed by atoms with Crippen LogP contribution in [0.2, 0.25) is 9.36 Å². The fraction of sp³-hybridized carbons (Fsp3) is 0.143. The van der Waals surface area contributed by atoms with Gasteiger partial charge >= 0.3 is 0 Å². The number of halogens is 2. The minimum Gasteiger partial charge on any atom is -0.375 e. The maximum Gasteiger partial charge on any atom is 0.264 e. The van der Waals surface area contributed by atoms with E-state index in [-0.39, 0.29) is 18.7 Å². The maximum absolute atomic E-state index is 13.2. The number of hydrogen-bond donors (Lipinski definition) is 1. The lowest BCUT2D eigenvalue weighted by Gasteiger charge is -2.22. The van der Waals surface area contributed by atoms with Crippen LogP contribution >= 0.6 is 34.5 Å². The first-order valence-corrected chi connectivity index (χ1v) is 10.1. The lowest BCUT2D eigenvalue weighted by atomic mass is 9.89. The average Bonchev–Trinajstić information content (AvgIpc) is 3.20. The fourth-order valence-electron chi connectivity index (χ4n) is 3.39. The fourth-order valence-corrected chi connectivity index (χ4v) is 4.50. The Morgan fingerprint density at radius 2 is 1.75 bits per heavy atom. The van der Waals surface area contributed by atoms with Crippen LogP contribution in [0.4, 0.5) is 5.69 Å². The van der Waals surface area contributed by atoms with E-state index in [4.69, 9.17) is 23.2 Å². The molecule has 0 saturated heterocycles. The molecule has 142 valence electrons. The van der Waals surface area contributed by atoms with E-state index in [0.717, 1.165) is 16.9 Å². The summed E-state index contributed by atoms with van der Waals surface area (Å²) < 4.78 is 0.484. The predicted octanol–water partition coefficient (Wildman–Crippen LogP) is 5.06. The molecule has 1 amide bonds. The number of nitrogens with zero attached hydrogens (tertiary/aromatic N) is 1. The molecule has 0 aliphatic carbocycles. The summed E-state index contributed by atoms with van der Waals surface area (Å²) in [6, 6.07) is 17.4. The van der Waals surface area contributed by atoms with Crippen LogP contribution in [0.15, 0.2) is 60.7 Å². The Hall–Kier alpha value is -2.18. The SMILES string of the molecule is O=C(C[C@]1(O)C(=O)N(Cc2ccc(Cl)cc2)c2ccccc21)c1ccc(Cl)s1. The molecule has 1 aromatic heterocycles. The molecule has 0 radical (unpaired) electrons. The third-order valence-corrected chi connectivity index (χ3v) is 6.28. The first-order chi connectivity index (χ1) is 13.4. The van der Waals surface area contributed by atoms with Gasteiger partial charge in [0.25, 0.3) is 5.91 Å². The van der Waals surface area contributed by atoms with Gasteiger partial charge in [-0.05, 0) is 35.9 Å². The Bertz CT molecular complexity index is 1060. The van der Waals surface area contributed by atoms with E-state index in [1.807, 2.05) is 12.1 Å². The molecule has 1 aliphatic rings. The average molecular weight is 432 g/mol. The molecule has 0 bridgehead atoms. The highest BCUT2D eigenvalue weighted by molar-refractivity contribution is 7.18. The second-order valence-electron chi connectivity index (χ2n) is 6.60. The quantitative estimate of drug-likeness (QED) is 0.574. The Morgan fingerprint density at radius 3 is 2.43 bits per heavy atom. The van der Waals surface area contributed by atoms with Gasteiger partial charge in [0.2, 0.25) is 0 Å². The van der Waals surface area contributed by atoms with Gasteiger partial charge in [-0.3, -0.25) is 9.59 Å². The van der Waals surface area contributed by atoms with Crippen LogP contribution < -0.4 is 4.90 Å². The predicted molar refractivity (Wildman–Crippen MR) is 111 cm³/mol. The normalized spacial score (nSPS) is 18.4. The third kappa shape index (κ3) is 3.35. The molecule has 1 N–H and O–H groups in total. The number of carbonyl (C=O) groups is 2. The van der Waals surface area contributed by atoms with E-state index >= 15 is 0 Å². The Balaban J connectivity index is 1.67. The van der Waals surface area contributed by atoms with Gasteiger partial charge in [-0.2, -0.15) is 0 Å². The van der Waals surface area contributed by atoms with E-state index in [2.05, 4.69) is 0 Å². The molecule has 2 heterocycles. The van der Waals surface area contributed by atoms with E-state index in [0.29, 0.717) is 25.5 Å². The number of amides is 1. The van der Waals surface area contributed by atoms with Gasteiger partial charge in [0.1, 0.15) is 0 Å². The van der Waals surface area contributed by atoms with Gasteiger partial charge in [0.05, 0.1) is 27.9 Å². The topological polar surface area (TPSA) is 57.6 Å². The molecule has 28 heavy (non-hydrogen) atoms. The number of fused-ring (bicyclic) bond motifs is 1. The largest absolute Gasteiger partial charge is 0.375 e. The molecule has 4 nitrogen and oxygen atoms in total. The van der Waals surface area contributed by atoms with Crippen LogP contribution in [0.1, 0.15) is 27.2 Å². The highest BCUT2D eigenvalue weighted by atomic mass is 35.5. The number of thiophene rings is 1. The number of hydrogen-bond acceptors (Lipinski definition) is 4. The summed E-state index contributed by atoms with van der Waals surface area (Å²) in [5, 5.41) is 11.9. The summed E-state index contributed by atoms with van der Waals surface area (Å²) in [4.78, 5) is 27.8. The number of benzene rings is 2.